The van der Waals surface area contributed by atoms with Gasteiger partial charge in [-0.3, -0.25) is 28.1 Å². The third-order valence-electron chi connectivity index (χ3n) is 12.9. The Kier molecular flexibility index (Phi) is 20.6. The van der Waals surface area contributed by atoms with E-state index in [-0.39, 0.29) is 146 Å². The van der Waals surface area contributed by atoms with Gasteiger partial charge in [0.25, 0.3) is 6.47 Å². The molecule has 0 fully saturated rings. The summed E-state index contributed by atoms with van der Waals surface area (Å²) in [4.78, 5) is 24.7. The second kappa shape index (κ2) is 28.3. The van der Waals surface area contributed by atoms with Gasteiger partial charge in [0.1, 0.15) is 24.3 Å². The average molecular weight is 1310 g/mol. The van der Waals surface area contributed by atoms with E-state index in [4.69, 9.17) is 20.2 Å². The van der Waals surface area contributed by atoms with E-state index < -0.39 is 11.6 Å². The van der Waals surface area contributed by atoms with E-state index in [1.54, 1.807) is 41.0 Å². The maximum atomic E-state index is 14.3. The van der Waals surface area contributed by atoms with E-state index in [0.29, 0.717) is 22.8 Å². The molecule has 0 saturated carbocycles. The van der Waals surface area contributed by atoms with Gasteiger partial charge in [-0.15, -0.1) is 20.4 Å². The molecule has 0 aliphatic carbocycles. The van der Waals surface area contributed by atoms with E-state index in [0.717, 1.165) is 79.7 Å². The van der Waals surface area contributed by atoms with E-state index in [9.17, 15) is 8.78 Å². The zero-order valence-electron chi connectivity index (χ0n) is 44.9. The molecule has 1 aliphatic rings. The molecule has 14 nitrogen and oxygen atoms in total. The summed E-state index contributed by atoms with van der Waals surface area (Å²) in [7, 11) is 0. The topological polar surface area (TPSA) is 159 Å². The molecule has 0 radical (unpaired) electrons. The molecule has 5 heterocycles. The fraction of sp³-hybridized carbons (Fsp3) is 0.0159. The second-order valence-electron chi connectivity index (χ2n) is 17.6. The predicted molar refractivity (Wildman–Crippen MR) is 300 cm³/mol. The van der Waals surface area contributed by atoms with Crippen molar-refractivity contribution in [1.29, 1.82) is 0 Å². The Bertz CT molecular complexity index is 4070. The minimum atomic E-state index is -0.410. The number of fused-ring (bicyclic) bond motifs is 3. The van der Waals surface area contributed by atoms with Gasteiger partial charge in [0, 0.05) is 35.1 Å². The number of aromatic nitrogens is 10. The Labute approximate surface area is 583 Å². The van der Waals surface area contributed by atoms with Crippen LogP contribution in [-0.2, 0) is 16.1 Å². The molecule has 0 amide bonds. The molecular weight excluding hydrogens is 1260 g/mol. The Morgan fingerprint density at radius 1 is 0.444 bits per heavy atom. The smallest absolute Gasteiger partial charge is 1.00 e. The number of aliphatic imine (C=N–C) groups is 1. The molecular formula is C63H45Cs2F2N11O3. The summed E-state index contributed by atoms with van der Waals surface area (Å²) in [6, 6.07) is 73.2. The Balaban J connectivity index is 0.000000182. The quantitative estimate of drug-likeness (QED) is 0.0876. The molecule has 0 bridgehead atoms. The van der Waals surface area contributed by atoms with Crippen molar-refractivity contribution in [3.8, 4) is 68.3 Å². The number of rotatable bonds is 9. The summed E-state index contributed by atoms with van der Waals surface area (Å²) in [6.07, 6.45) is 6.70. The van der Waals surface area contributed by atoms with Crippen molar-refractivity contribution in [2.45, 2.75) is 6.42 Å². The van der Waals surface area contributed by atoms with E-state index in [1.165, 1.54) is 17.7 Å². The van der Waals surface area contributed by atoms with E-state index in [2.05, 4.69) is 98.3 Å². The van der Waals surface area contributed by atoms with Gasteiger partial charge < -0.3 is 11.6 Å². The van der Waals surface area contributed by atoms with Crippen LogP contribution in [0.1, 0.15) is 6.99 Å². The number of benzene rings is 9. The zero-order chi connectivity index (χ0) is 53.9. The minimum Gasteiger partial charge on any atom is -1.00 e. The summed E-state index contributed by atoms with van der Waals surface area (Å²) < 4.78 is 36.6. The van der Waals surface area contributed by atoms with Crippen LogP contribution in [0.25, 0.3) is 90.4 Å². The van der Waals surface area contributed by atoms with Gasteiger partial charge in [0.05, 0.1) is 50.3 Å². The van der Waals surface area contributed by atoms with Crippen molar-refractivity contribution in [2.75, 3.05) is 0 Å². The van der Waals surface area contributed by atoms with Crippen molar-refractivity contribution in [2.24, 2.45) is 4.99 Å². The van der Waals surface area contributed by atoms with Gasteiger partial charge in [0.2, 0.25) is 0 Å². The first kappa shape index (κ1) is 58.9. The van der Waals surface area contributed by atoms with Crippen LogP contribution in [0.4, 0.5) is 14.5 Å². The summed E-state index contributed by atoms with van der Waals surface area (Å²) in [5, 5.41) is 26.4. The van der Waals surface area contributed by atoms with Crippen molar-refractivity contribution < 1.29 is 163 Å². The molecule has 14 rings (SSSR count). The SMILES string of the molecule is C1=Nc2ccccc2C1.Fc1ccccc1-c1nnc(-c2ccccc2F)n1-c1ccccc1.O=CO[O-].[Cs+].[Cs+].[H-].c1ccc(-n2c(-c3ccccc3-n3cnc4ccccc43)nnc2-c2ccccc2-n2cnc3ccccc32)cc1. The molecule has 0 N–H and O–H groups in total. The monoisotopic (exact) mass is 1310 g/mol. The van der Waals surface area contributed by atoms with E-state index in [1.807, 2.05) is 146 Å². The van der Waals surface area contributed by atoms with E-state index >= 15 is 0 Å². The Morgan fingerprint density at radius 3 is 1.23 bits per heavy atom. The van der Waals surface area contributed by atoms with Gasteiger partial charge >= 0.3 is 138 Å². The average Bonchev–Trinajstić information content (AvgIpc) is 4.54. The van der Waals surface area contributed by atoms with Crippen LogP contribution in [0.15, 0.2) is 248 Å². The van der Waals surface area contributed by atoms with Gasteiger partial charge in [-0.1, -0.05) is 127 Å². The maximum Gasteiger partial charge on any atom is 1.00 e. The molecule has 81 heavy (non-hydrogen) atoms. The standard InChI is InChI=1S/C34H23N7.C20H13F2N3.C8H7N.CH2O3.2Cs.H/c1-2-12-24(13-3-1)41-33(25-14-4-8-18-29(25)39-22-35-27-16-6-10-20-31(27)39)37-38-34(41)26-15-5-9-19-30(26)40-23-36-28-17-7-11-21-32(28)40;21-17-12-6-4-10-15(17)19-23-24-20(16-11-5-7-13-18(16)22)25(19)14-8-2-1-3-9-14;1-2-4-8-7(3-1)5-6-9-8;2-1-4-3;;;/h1-23H;1-13H;1-4,6H,5H2;1,3H;;;/q;;;;2*+1;-1/p-1. The summed E-state index contributed by atoms with van der Waals surface area (Å²) >= 11 is 0. The van der Waals surface area contributed by atoms with Gasteiger partial charge in [-0.25, -0.2) is 18.7 Å². The number of nitrogens with zero attached hydrogens (tertiary/aromatic N) is 11. The van der Waals surface area contributed by atoms with Crippen LogP contribution in [0.3, 0.4) is 0 Å². The molecule has 0 unspecified atom stereocenters. The van der Waals surface area contributed by atoms with Crippen molar-refractivity contribution in [1.82, 2.24) is 48.6 Å². The first-order valence-corrected chi connectivity index (χ1v) is 24.9. The van der Waals surface area contributed by atoms with Crippen molar-refractivity contribution in [3.05, 3.63) is 260 Å². The van der Waals surface area contributed by atoms with Crippen LogP contribution >= 0.6 is 0 Å². The molecule has 4 aromatic heterocycles. The fourth-order valence-corrected chi connectivity index (χ4v) is 9.29. The molecule has 0 atom stereocenters. The number of hydrogen-bond donors (Lipinski definition) is 0. The molecule has 0 spiro atoms. The zero-order valence-corrected chi connectivity index (χ0v) is 56.4. The third kappa shape index (κ3) is 13.0. The fourth-order valence-electron chi connectivity index (χ4n) is 9.29. The molecule has 1 aliphatic heterocycles. The number of imidazole rings is 2. The summed E-state index contributed by atoms with van der Waals surface area (Å²) in [5.74, 6) is 1.30. The third-order valence-corrected chi connectivity index (χ3v) is 12.9. The number of carbonyl (C=O) groups excluding carboxylic acids is 1. The number of para-hydroxylation sites is 9. The summed E-state index contributed by atoms with van der Waals surface area (Å²) in [5.41, 5.74) is 12.6. The van der Waals surface area contributed by atoms with Crippen LogP contribution < -0.4 is 143 Å². The van der Waals surface area contributed by atoms with Crippen LogP contribution in [0, 0.1) is 11.6 Å². The minimum absolute atomic E-state index is 0. The first-order chi connectivity index (χ1) is 39.0. The second-order valence-corrected chi connectivity index (χ2v) is 17.6. The van der Waals surface area contributed by atoms with Crippen LogP contribution in [0.5, 0.6) is 0 Å². The Hall–Kier alpha value is -6.74. The normalized spacial score (nSPS) is 10.9. The van der Waals surface area contributed by atoms with Gasteiger partial charge in [-0.2, -0.15) is 0 Å². The maximum absolute atomic E-state index is 14.3. The Morgan fingerprint density at radius 2 is 0.802 bits per heavy atom. The number of hydrogen-bond acceptors (Lipinski definition) is 10. The molecule has 386 valence electrons. The first-order valence-electron chi connectivity index (χ1n) is 24.9. The van der Waals surface area contributed by atoms with Crippen LogP contribution in [0.2, 0.25) is 0 Å². The molecule has 13 aromatic rings. The predicted octanol–water partition coefficient (Wildman–Crippen LogP) is 6.66. The number of halogens is 2. The van der Waals surface area contributed by atoms with Crippen molar-refractivity contribution in [3.63, 3.8) is 0 Å². The molecule has 18 heteroatoms. The van der Waals surface area contributed by atoms with Gasteiger partial charge in [0.15, 0.2) is 23.3 Å². The van der Waals surface area contributed by atoms with Crippen LogP contribution in [-0.4, -0.2) is 61.3 Å². The molecule has 0 saturated heterocycles. The summed E-state index contributed by atoms with van der Waals surface area (Å²) in [6.45, 7) is -0.181. The molecule has 9 aromatic carbocycles. The van der Waals surface area contributed by atoms with Crippen molar-refractivity contribution >= 4 is 40.4 Å². The number of carbonyl (C=O) groups is 1. The van der Waals surface area contributed by atoms with Gasteiger partial charge in [-0.05, 0) is 109 Å². The largest absolute Gasteiger partial charge is 1.00 e.